The fourth-order valence-electron chi connectivity index (χ4n) is 1.28. The molecule has 16 heavy (non-hydrogen) atoms. The quantitative estimate of drug-likeness (QED) is 0.384. The fourth-order valence-corrected chi connectivity index (χ4v) is 1.28. The van der Waals surface area contributed by atoms with Crippen LogP contribution in [0.4, 0.5) is 0 Å². The van der Waals surface area contributed by atoms with Crippen LogP contribution in [0.5, 0.6) is 0 Å². The van der Waals surface area contributed by atoms with E-state index in [-0.39, 0.29) is 5.41 Å². The third kappa shape index (κ3) is 3.90. The van der Waals surface area contributed by atoms with E-state index in [1.54, 1.807) is 0 Å². The lowest BCUT2D eigenvalue weighted by Crippen LogP contribution is -2.13. The molecule has 0 fully saturated rings. The number of hydrogen-bond donors (Lipinski definition) is 0. The molecule has 0 saturated carbocycles. The summed E-state index contributed by atoms with van der Waals surface area (Å²) in [5.74, 6) is 6.54. The van der Waals surface area contributed by atoms with Gasteiger partial charge in [0.1, 0.15) is 14.1 Å². The third-order valence-electron chi connectivity index (χ3n) is 2.05. The van der Waals surface area contributed by atoms with Gasteiger partial charge >= 0.3 is 0 Å². The van der Waals surface area contributed by atoms with Crippen LogP contribution in [0.3, 0.4) is 0 Å². The molecular weight excluding hydrogens is 194 g/mol. The normalized spacial score (nSPS) is 10.3. The van der Waals surface area contributed by atoms with Gasteiger partial charge in [0.05, 0.1) is 5.56 Å². The van der Waals surface area contributed by atoms with Crippen LogP contribution in [0.1, 0.15) is 26.3 Å². The van der Waals surface area contributed by atoms with Gasteiger partial charge in [0, 0.05) is 11.3 Å². The molecule has 0 heterocycles. The minimum absolute atomic E-state index is 0.0377. The highest BCUT2D eigenvalue weighted by Gasteiger charge is 2.10. The highest BCUT2D eigenvalue weighted by Crippen LogP contribution is 2.10. The molecular formula is C15H20N+. The van der Waals surface area contributed by atoms with E-state index >= 15 is 0 Å². The van der Waals surface area contributed by atoms with Crippen LogP contribution in [0, 0.1) is 17.3 Å². The Morgan fingerprint density at radius 2 is 1.62 bits per heavy atom. The molecule has 0 aliphatic heterocycles. The van der Waals surface area contributed by atoms with Crippen LogP contribution in [0.15, 0.2) is 30.3 Å². The van der Waals surface area contributed by atoms with E-state index in [0.29, 0.717) is 0 Å². The zero-order valence-electron chi connectivity index (χ0n) is 10.8. The maximum absolute atomic E-state index is 3.27. The van der Waals surface area contributed by atoms with Crippen LogP contribution >= 0.6 is 0 Å². The molecule has 84 valence electrons. The molecule has 1 nitrogen and oxygen atoms in total. The average molecular weight is 214 g/mol. The molecule has 1 rings (SSSR count). The van der Waals surface area contributed by atoms with Gasteiger partial charge in [-0.3, -0.25) is 0 Å². The molecule has 0 amide bonds. The summed E-state index contributed by atoms with van der Waals surface area (Å²) in [6, 6.07) is 10.3. The topological polar surface area (TPSA) is 3.01 Å². The van der Waals surface area contributed by atoms with E-state index in [2.05, 4.69) is 49.3 Å². The highest BCUT2D eigenvalue weighted by atomic mass is 14.9. The Kier molecular flexibility index (Phi) is 3.90. The summed E-state index contributed by atoms with van der Waals surface area (Å²) in [7, 11) is 4.05. The van der Waals surface area contributed by atoms with Crippen molar-refractivity contribution < 1.29 is 4.58 Å². The molecule has 0 aromatic heterocycles. The highest BCUT2D eigenvalue weighted by molar-refractivity contribution is 6.09. The second-order valence-corrected chi connectivity index (χ2v) is 5.11. The van der Waals surface area contributed by atoms with E-state index in [9.17, 15) is 0 Å². The van der Waals surface area contributed by atoms with Gasteiger partial charge in [0.2, 0.25) is 0 Å². The van der Waals surface area contributed by atoms with Gasteiger partial charge in [-0.15, -0.1) is 0 Å². The first kappa shape index (κ1) is 12.5. The van der Waals surface area contributed by atoms with E-state index < -0.39 is 0 Å². The first-order valence-electron chi connectivity index (χ1n) is 5.53. The molecule has 0 aliphatic carbocycles. The zero-order chi connectivity index (χ0) is 12.2. The van der Waals surface area contributed by atoms with Crippen LogP contribution in [-0.4, -0.2) is 24.4 Å². The SMILES string of the molecule is C[N+](C)=C(C#CC(C)(C)C)c1ccccc1. The number of rotatable bonds is 1. The predicted molar refractivity (Wildman–Crippen MR) is 69.9 cm³/mol. The Bertz CT molecular complexity index is 432. The van der Waals surface area contributed by atoms with Gasteiger partial charge in [-0.2, -0.15) is 0 Å². The minimum Gasteiger partial charge on any atom is -0.227 e. The van der Waals surface area contributed by atoms with Crippen molar-refractivity contribution in [2.24, 2.45) is 5.41 Å². The number of hydrogen-bond acceptors (Lipinski definition) is 0. The van der Waals surface area contributed by atoms with Crippen molar-refractivity contribution in [2.75, 3.05) is 14.1 Å². The lowest BCUT2D eigenvalue weighted by molar-refractivity contribution is -0.462. The Morgan fingerprint density at radius 3 is 2.06 bits per heavy atom. The first-order valence-corrected chi connectivity index (χ1v) is 5.53. The van der Waals surface area contributed by atoms with E-state index in [1.165, 1.54) is 5.56 Å². The Balaban J connectivity index is 3.14. The molecule has 1 heteroatoms. The fraction of sp³-hybridized carbons (Fsp3) is 0.400. The maximum Gasteiger partial charge on any atom is 0.258 e. The summed E-state index contributed by atoms with van der Waals surface area (Å²) in [5, 5.41) is 0. The zero-order valence-corrected chi connectivity index (χ0v) is 10.8. The van der Waals surface area contributed by atoms with Gasteiger partial charge < -0.3 is 0 Å². The molecule has 0 bridgehead atoms. The lowest BCUT2D eigenvalue weighted by atomic mass is 9.97. The largest absolute Gasteiger partial charge is 0.258 e. The standard InChI is InChI=1S/C15H20N/c1-15(2,3)12-11-14(16(4)5)13-9-7-6-8-10-13/h6-10H,1-5H3/q+1. The van der Waals surface area contributed by atoms with Crippen molar-refractivity contribution in [1.29, 1.82) is 0 Å². The van der Waals surface area contributed by atoms with E-state index in [4.69, 9.17) is 0 Å². The summed E-state index contributed by atoms with van der Waals surface area (Å²) >= 11 is 0. The summed E-state index contributed by atoms with van der Waals surface area (Å²) in [6.45, 7) is 6.37. The second kappa shape index (κ2) is 4.99. The molecule has 0 saturated heterocycles. The minimum atomic E-state index is 0.0377. The summed E-state index contributed by atoms with van der Waals surface area (Å²) in [4.78, 5) is 0. The summed E-state index contributed by atoms with van der Waals surface area (Å²) < 4.78 is 2.06. The van der Waals surface area contributed by atoms with Gasteiger partial charge in [-0.25, -0.2) is 4.58 Å². The third-order valence-corrected chi connectivity index (χ3v) is 2.05. The van der Waals surface area contributed by atoms with Crippen molar-refractivity contribution in [3.63, 3.8) is 0 Å². The van der Waals surface area contributed by atoms with Crippen molar-refractivity contribution in [2.45, 2.75) is 20.8 Å². The maximum atomic E-state index is 3.27. The lowest BCUT2D eigenvalue weighted by Gasteiger charge is -2.06. The van der Waals surface area contributed by atoms with E-state index in [0.717, 1.165) is 5.71 Å². The van der Waals surface area contributed by atoms with E-state index in [1.807, 2.05) is 32.3 Å². The van der Waals surface area contributed by atoms with Crippen molar-refractivity contribution in [3.05, 3.63) is 35.9 Å². The molecule has 0 aliphatic rings. The van der Waals surface area contributed by atoms with Gasteiger partial charge in [0.15, 0.2) is 0 Å². The van der Waals surface area contributed by atoms with Gasteiger partial charge in [-0.1, -0.05) is 24.1 Å². The van der Waals surface area contributed by atoms with Crippen molar-refractivity contribution >= 4 is 5.71 Å². The molecule has 0 N–H and O–H groups in total. The monoisotopic (exact) mass is 214 g/mol. The Morgan fingerprint density at radius 1 is 1.06 bits per heavy atom. The Hall–Kier alpha value is -1.55. The van der Waals surface area contributed by atoms with Crippen LogP contribution in [0.25, 0.3) is 0 Å². The smallest absolute Gasteiger partial charge is 0.227 e. The Labute approximate surface area is 98.8 Å². The predicted octanol–water partition coefficient (Wildman–Crippen LogP) is 2.80. The first-order chi connectivity index (χ1) is 7.40. The average Bonchev–Trinajstić information content (AvgIpc) is 2.17. The molecule has 1 aromatic rings. The summed E-state index contributed by atoms with van der Waals surface area (Å²) in [5.41, 5.74) is 2.27. The van der Waals surface area contributed by atoms with Crippen LogP contribution in [-0.2, 0) is 0 Å². The molecule has 0 unspecified atom stereocenters. The van der Waals surface area contributed by atoms with Crippen molar-refractivity contribution in [3.8, 4) is 11.8 Å². The molecule has 1 aromatic carbocycles. The molecule has 0 radical (unpaired) electrons. The van der Waals surface area contributed by atoms with Crippen LogP contribution in [0.2, 0.25) is 0 Å². The van der Waals surface area contributed by atoms with Crippen LogP contribution < -0.4 is 0 Å². The number of benzene rings is 1. The molecule has 0 spiro atoms. The van der Waals surface area contributed by atoms with Gasteiger partial charge in [-0.05, 0) is 32.9 Å². The van der Waals surface area contributed by atoms with Crippen molar-refractivity contribution in [1.82, 2.24) is 0 Å². The number of nitrogens with zero attached hydrogens (tertiary/aromatic N) is 1. The molecule has 0 atom stereocenters. The summed E-state index contributed by atoms with van der Waals surface area (Å²) in [6.07, 6.45) is 0. The second-order valence-electron chi connectivity index (χ2n) is 5.11. The van der Waals surface area contributed by atoms with Gasteiger partial charge in [0.25, 0.3) is 5.71 Å².